The van der Waals surface area contributed by atoms with E-state index in [1.165, 1.54) is 18.5 Å². The monoisotopic (exact) mass is 571 g/mol. The van der Waals surface area contributed by atoms with E-state index in [0.717, 1.165) is 12.8 Å². The van der Waals surface area contributed by atoms with Crippen LogP contribution in [-0.4, -0.2) is 41.8 Å². The third kappa shape index (κ3) is 7.08. The van der Waals surface area contributed by atoms with E-state index in [1.54, 1.807) is 29.3 Å². The van der Waals surface area contributed by atoms with Crippen molar-refractivity contribution < 1.29 is 23.4 Å². The van der Waals surface area contributed by atoms with Crippen LogP contribution in [0.15, 0.2) is 67.0 Å². The minimum absolute atomic E-state index is 0.0408. The van der Waals surface area contributed by atoms with Gasteiger partial charge in [0, 0.05) is 35.9 Å². The van der Waals surface area contributed by atoms with Gasteiger partial charge in [0.15, 0.2) is 5.82 Å². The average molecular weight is 572 g/mol. The highest BCUT2D eigenvalue weighted by Crippen LogP contribution is 2.40. The summed E-state index contributed by atoms with van der Waals surface area (Å²) in [5.41, 5.74) is 1.92. The number of benzene rings is 3. The Bertz CT molecular complexity index is 1400. The molecule has 1 aliphatic rings. The van der Waals surface area contributed by atoms with Gasteiger partial charge in [-0.3, -0.25) is 4.84 Å². The lowest BCUT2D eigenvalue weighted by Crippen LogP contribution is -2.26. The summed E-state index contributed by atoms with van der Waals surface area (Å²) < 4.78 is 31.9. The van der Waals surface area contributed by atoms with Crippen molar-refractivity contribution in [2.45, 2.75) is 32.0 Å². The molecule has 1 aromatic heterocycles. The van der Waals surface area contributed by atoms with Crippen molar-refractivity contribution in [3.63, 3.8) is 0 Å². The second-order valence-corrected chi connectivity index (χ2v) is 9.83. The summed E-state index contributed by atoms with van der Waals surface area (Å²) in [6, 6.07) is 17.2. The molecule has 3 aromatic carbocycles. The maximum absolute atomic E-state index is 13.9. The van der Waals surface area contributed by atoms with Crippen LogP contribution in [0.4, 0.5) is 15.9 Å². The van der Waals surface area contributed by atoms with Crippen LogP contribution in [0.25, 0.3) is 10.9 Å². The Morgan fingerprint density at radius 2 is 1.87 bits per heavy atom. The van der Waals surface area contributed by atoms with Crippen LogP contribution in [0.5, 0.6) is 11.5 Å². The van der Waals surface area contributed by atoms with Gasteiger partial charge in [0.05, 0.1) is 36.4 Å². The fourth-order valence-corrected chi connectivity index (χ4v) is 4.58. The molecule has 0 atom stereocenters. The Balaban J connectivity index is 1.59. The number of alkyl halides is 1. The Hall–Kier alpha value is -3.17. The van der Waals surface area contributed by atoms with E-state index < -0.39 is 0 Å². The molecule has 0 radical (unpaired) electrons. The van der Waals surface area contributed by atoms with Gasteiger partial charge < -0.3 is 14.2 Å². The zero-order chi connectivity index (χ0) is 27.0. The van der Waals surface area contributed by atoms with Crippen molar-refractivity contribution in [1.82, 2.24) is 9.97 Å². The SMILES string of the molecule is Fc1cccc(CON(c2cccc(Cl)c2)c2ncnc3cc(OCCCCl)cc(OC4CCOCC4)c23)c1. The second kappa shape index (κ2) is 13.3. The van der Waals surface area contributed by atoms with E-state index in [9.17, 15) is 4.39 Å². The molecule has 0 bridgehead atoms. The summed E-state index contributed by atoms with van der Waals surface area (Å²) in [5, 5.41) is 2.75. The standard InChI is InChI=1S/C29H28Cl2FN3O4/c30-10-3-11-37-25-16-26-28(27(17-25)39-24-8-12-36-13-9-24)29(34-19-33-26)35(23-7-2-5-21(31)15-23)38-18-20-4-1-6-22(32)14-20/h1-2,4-7,14-17,19,24H,3,8-13,18H2. The molecule has 204 valence electrons. The Morgan fingerprint density at radius 3 is 2.67 bits per heavy atom. The Kier molecular flexibility index (Phi) is 9.32. The van der Waals surface area contributed by atoms with Gasteiger partial charge in [-0.25, -0.2) is 19.4 Å². The van der Waals surface area contributed by atoms with E-state index >= 15 is 0 Å². The number of ether oxygens (including phenoxy) is 3. The largest absolute Gasteiger partial charge is 0.493 e. The number of aromatic nitrogens is 2. The van der Waals surface area contributed by atoms with Crippen LogP contribution in [0.3, 0.4) is 0 Å². The first kappa shape index (κ1) is 27.4. The highest BCUT2D eigenvalue weighted by molar-refractivity contribution is 6.30. The number of hydrogen-bond acceptors (Lipinski definition) is 7. The highest BCUT2D eigenvalue weighted by Gasteiger charge is 2.24. The molecule has 5 rings (SSSR count). The van der Waals surface area contributed by atoms with Crippen LogP contribution in [0.1, 0.15) is 24.8 Å². The topological polar surface area (TPSA) is 65.9 Å². The van der Waals surface area contributed by atoms with E-state index in [-0.39, 0.29) is 18.5 Å². The summed E-state index contributed by atoms with van der Waals surface area (Å²) >= 11 is 12.2. The zero-order valence-corrected chi connectivity index (χ0v) is 22.7. The lowest BCUT2D eigenvalue weighted by Gasteiger charge is -2.27. The minimum atomic E-state index is -0.341. The maximum atomic E-state index is 13.9. The summed E-state index contributed by atoms with van der Waals surface area (Å²) in [4.78, 5) is 15.4. The molecule has 0 aliphatic carbocycles. The maximum Gasteiger partial charge on any atom is 0.172 e. The van der Waals surface area contributed by atoms with Crippen molar-refractivity contribution in [2.24, 2.45) is 0 Å². The third-order valence-electron chi connectivity index (χ3n) is 6.15. The van der Waals surface area contributed by atoms with Crippen LogP contribution in [0, 0.1) is 5.82 Å². The third-order valence-corrected chi connectivity index (χ3v) is 6.65. The quantitative estimate of drug-likeness (QED) is 0.107. The van der Waals surface area contributed by atoms with Crippen molar-refractivity contribution in [1.29, 1.82) is 0 Å². The zero-order valence-electron chi connectivity index (χ0n) is 21.2. The molecule has 0 amide bonds. The van der Waals surface area contributed by atoms with E-state index in [4.69, 9.17) is 42.3 Å². The molecule has 1 fully saturated rings. The van der Waals surface area contributed by atoms with Crippen LogP contribution in [-0.2, 0) is 16.2 Å². The number of nitrogens with zero attached hydrogens (tertiary/aromatic N) is 3. The molecule has 39 heavy (non-hydrogen) atoms. The second-order valence-electron chi connectivity index (χ2n) is 9.01. The van der Waals surface area contributed by atoms with Crippen LogP contribution >= 0.6 is 23.2 Å². The summed E-state index contributed by atoms with van der Waals surface area (Å²) in [7, 11) is 0. The lowest BCUT2D eigenvalue weighted by molar-refractivity contribution is 0.0260. The molecule has 10 heteroatoms. The molecule has 7 nitrogen and oxygen atoms in total. The highest BCUT2D eigenvalue weighted by atomic mass is 35.5. The minimum Gasteiger partial charge on any atom is -0.493 e. The number of halogens is 3. The van der Waals surface area contributed by atoms with Crippen molar-refractivity contribution in [2.75, 3.05) is 30.8 Å². The van der Waals surface area contributed by atoms with E-state index in [0.29, 0.717) is 76.6 Å². The predicted molar refractivity (Wildman–Crippen MR) is 150 cm³/mol. The van der Waals surface area contributed by atoms with Crippen molar-refractivity contribution >= 4 is 45.6 Å². The fourth-order valence-electron chi connectivity index (χ4n) is 4.29. The lowest BCUT2D eigenvalue weighted by atomic mass is 10.1. The molecule has 0 spiro atoms. The molecular weight excluding hydrogens is 544 g/mol. The van der Waals surface area contributed by atoms with Gasteiger partial charge in [-0.2, -0.15) is 0 Å². The van der Waals surface area contributed by atoms with E-state index in [1.807, 2.05) is 24.3 Å². The van der Waals surface area contributed by atoms with Crippen molar-refractivity contribution in [3.8, 4) is 11.5 Å². The van der Waals surface area contributed by atoms with Gasteiger partial charge >= 0.3 is 0 Å². The van der Waals surface area contributed by atoms with Gasteiger partial charge in [-0.15, -0.1) is 11.6 Å². The molecule has 0 saturated carbocycles. The first-order chi connectivity index (χ1) is 19.1. The first-order valence-corrected chi connectivity index (χ1v) is 13.7. The smallest absolute Gasteiger partial charge is 0.172 e. The molecule has 2 heterocycles. The van der Waals surface area contributed by atoms with Crippen LogP contribution < -0.4 is 14.5 Å². The van der Waals surface area contributed by atoms with Gasteiger partial charge in [0.2, 0.25) is 0 Å². The van der Waals surface area contributed by atoms with Gasteiger partial charge in [0.1, 0.15) is 36.4 Å². The molecule has 0 unspecified atom stereocenters. The Morgan fingerprint density at radius 1 is 1.03 bits per heavy atom. The number of hydrogen-bond donors (Lipinski definition) is 0. The van der Waals surface area contributed by atoms with Crippen LogP contribution in [0.2, 0.25) is 5.02 Å². The molecule has 1 saturated heterocycles. The van der Waals surface area contributed by atoms with Gasteiger partial charge in [-0.05, 0) is 42.3 Å². The molecular formula is C29H28Cl2FN3O4. The van der Waals surface area contributed by atoms with Gasteiger partial charge in [0.25, 0.3) is 0 Å². The summed E-state index contributed by atoms with van der Waals surface area (Å²) in [6.45, 7) is 1.81. The number of fused-ring (bicyclic) bond motifs is 1. The average Bonchev–Trinajstić information content (AvgIpc) is 2.94. The first-order valence-electron chi connectivity index (χ1n) is 12.8. The Labute approximate surface area is 236 Å². The van der Waals surface area contributed by atoms with Gasteiger partial charge in [-0.1, -0.05) is 29.8 Å². The fraction of sp³-hybridized carbons (Fsp3) is 0.310. The van der Waals surface area contributed by atoms with Crippen molar-refractivity contribution in [3.05, 3.63) is 83.4 Å². The number of rotatable bonds is 11. The predicted octanol–water partition coefficient (Wildman–Crippen LogP) is 7.26. The number of anilines is 2. The molecule has 1 aliphatic heterocycles. The summed E-state index contributed by atoms with van der Waals surface area (Å²) in [6.07, 6.45) is 3.65. The molecule has 0 N–H and O–H groups in total. The van der Waals surface area contributed by atoms with E-state index in [2.05, 4.69) is 9.97 Å². The normalized spacial score (nSPS) is 13.9. The molecule has 4 aromatic rings. The summed E-state index contributed by atoms with van der Waals surface area (Å²) in [5.74, 6) is 1.80.